The molecule has 1 atom stereocenters. The van der Waals surface area contributed by atoms with E-state index in [2.05, 4.69) is 27.6 Å². The Morgan fingerprint density at radius 2 is 2.11 bits per heavy atom. The first-order valence-corrected chi connectivity index (χ1v) is 8.80. The minimum absolute atomic E-state index is 0.0335. The zero-order valence-electron chi connectivity index (χ0n) is 15.1. The van der Waals surface area contributed by atoms with Crippen molar-refractivity contribution in [2.45, 2.75) is 32.4 Å². The lowest BCUT2D eigenvalue weighted by Crippen LogP contribution is -2.32. The van der Waals surface area contributed by atoms with Gasteiger partial charge in [0, 0.05) is 29.9 Å². The molecular weight excluding hydrogens is 344 g/mol. The van der Waals surface area contributed by atoms with Crippen molar-refractivity contribution in [2.75, 3.05) is 0 Å². The number of fused-ring (bicyclic) bond motifs is 1. The zero-order chi connectivity index (χ0) is 19.4. The molecule has 3 N–H and O–H groups in total. The summed E-state index contributed by atoms with van der Waals surface area (Å²) in [4.78, 5) is 33.8. The van der Waals surface area contributed by atoms with E-state index in [0.717, 1.165) is 27.5 Å². The van der Waals surface area contributed by atoms with Gasteiger partial charge in [0.25, 0.3) is 5.56 Å². The molecule has 0 saturated carbocycles. The number of benzene rings is 1. The van der Waals surface area contributed by atoms with E-state index >= 15 is 0 Å². The molecule has 0 fully saturated rings. The standard InChI is InChI=1S/C20H22N4O3/c1-3-9-24-19(26)16(18(25)23-20(24)27)12-21-14(4-2)10-13-11-22-17-8-6-5-7-15(13)17/h3,5-8,11-12,14,22,26H,1,4,9-10H2,2H3,(H,23,25,27)/t14-/m1/s1. The van der Waals surface area contributed by atoms with Gasteiger partial charge in [-0.1, -0.05) is 31.2 Å². The normalized spacial score (nSPS) is 12.6. The Labute approximate surface area is 155 Å². The number of nitrogens with zero attached hydrogens (tertiary/aromatic N) is 2. The summed E-state index contributed by atoms with van der Waals surface area (Å²) in [5.74, 6) is -0.408. The molecular formula is C20H22N4O3. The number of nitrogens with one attached hydrogen (secondary N) is 2. The molecule has 1 aromatic carbocycles. The van der Waals surface area contributed by atoms with Crippen molar-refractivity contribution in [3.8, 4) is 5.88 Å². The van der Waals surface area contributed by atoms with Crippen LogP contribution < -0.4 is 11.2 Å². The third kappa shape index (κ3) is 3.76. The lowest BCUT2D eigenvalue weighted by atomic mass is 10.0. The van der Waals surface area contributed by atoms with E-state index in [1.165, 1.54) is 12.3 Å². The maximum absolute atomic E-state index is 12.1. The molecule has 3 aromatic rings. The van der Waals surface area contributed by atoms with Gasteiger partial charge in [0.05, 0.1) is 6.04 Å². The van der Waals surface area contributed by atoms with Crippen LogP contribution in [0.2, 0.25) is 0 Å². The van der Waals surface area contributed by atoms with Crippen molar-refractivity contribution in [2.24, 2.45) is 4.99 Å². The molecule has 0 unspecified atom stereocenters. The number of aromatic hydroxyl groups is 1. The fourth-order valence-corrected chi connectivity index (χ4v) is 3.03. The summed E-state index contributed by atoms with van der Waals surface area (Å²) in [6.07, 6.45) is 6.24. The summed E-state index contributed by atoms with van der Waals surface area (Å²) in [7, 11) is 0. The Bertz CT molecular complexity index is 1100. The monoisotopic (exact) mass is 366 g/mol. The number of aromatic amines is 2. The summed E-state index contributed by atoms with van der Waals surface area (Å²) in [5.41, 5.74) is 0.832. The van der Waals surface area contributed by atoms with Crippen molar-refractivity contribution in [3.05, 3.63) is 75.1 Å². The highest BCUT2D eigenvalue weighted by Gasteiger charge is 2.13. The van der Waals surface area contributed by atoms with Crippen LogP contribution in [0.1, 0.15) is 24.5 Å². The molecule has 3 rings (SSSR count). The Hall–Kier alpha value is -3.35. The van der Waals surface area contributed by atoms with Crippen LogP contribution in [0.25, 0.3) is 10.9 Å². The van der Waals surface area contributed by atoms with Crippen LogP contribution in [0.4, 0.5) is 0 Å². The van der Waals surface area contributed by atoms with E-state index in [0.29, 0.717) is 6.42 Å². The van der Waals surface area contributed by atoms with E-state index in [4.69, 9.17) is 0 Å². The average molecular weight is 366 g/mol. The van der Waals surface area contributed by atoms with Crippen molar-refractivity contribution in [1.29, 1.82) is 0 Å². The summed E-state index contributed by atoms with van der Waals surface area (Å²) in [6, 6.07) is 7.97. The number of allylic oxidation sites excluding steroid dienone is 1. The molecule has 0 aliphatic rings. The number of hydrogen-bond acceptors (Lipinski definition) is 4. The van der Waals surface area contributed by atoms with Gasteiger partial charge < -0.3 is 10.1 Å². The topological polar surface area (TPSA) is 103 Å². The Morgan fingerprint density at radius 3 is 2.85 bits per heavy atom. The van der Waals surface area contributed by atoms with Gasteiger partial charge in [0.2, 0.25) is 5.88 Å². The van der Waals surface area contributed by atoms with Crippen LogP contribution in [-0.2, 0) is 13.0 Å². The minimum atomic E-state index is -0.680. The van der Waals surface area contributed by atoms with Gasteiger partial charge in [-0.2, -0.15) is 0 Å². The third-order valence-corrected chi connectivity index (χ3v) is 4.53. The molecule has 2 aromatic heterocycles. The van der Waals surface area contributed by atoms with E-state index in [1.807, 2.05) is 31.3 Å². The largest absolute Gasteiger partial charge is 0.494 e. The molecule has 0 aliphatic carbocycles. The van der Waals surface area contributed by atoms with Crippen LogP contribution in [0.5, 0.6) is 5.88 Å². The van der Waals surface area contributed by atoms with Crippen LogP contribution in [0.3, 0.4) is 0 Å². The molecule has 27 heavy (non-hydrogen) atoms. The molecule has 0 amide bonds. The lowest BCUT2D eigenvalue weighted by molar-refractivity contribution is 0.410. The first-order chi connectivity index (χ1) is 13.0. The van der Waals surface area contributed by atoms with E-state index in [1.54, 1.807) is 0 Å². The maximum atomic E-state index is 12.1. The van der Waals surface area contributed by atoms with Gasteiger partial charge in [-0.05, 0) is 24.5 Å². The predicted octanol–water partition coefficient (Wildman–Crippen LogP) is 2.35. The Morgan fingerprint density at radius 1 is 1.33 bits per heavy atom. The van der Waals surface area contributed by atoms with E-state index < -0.39 is 17.1 Å². The van der Waals surface area contributed by atoms with Crippen molar-refractivity contribution in [1.82, 2.24) is 14.5 Å². The first-order valence-electron chi connectivity index (χ1n) is 8.80. The maximum Gasteiger partial charge on any atom is 0.331 e. The molecule has 0 aliphatic heterocycles. The molecule has 7 nitrogen and oxygen atoms in total. The van der Waals surface area contributed by atoms with Gasteiger partial charge in [-0.25, -0.2) is 4.79 Å². The SMILES string of the molecule is C=CCn1c(O)c(C=N[C@H](CC)Cc2c[nH]c3ccccc23)c(=O)[nH]c1=O. The molecule has 140 valence electrons. The van der Waals surface area contributed by atoms with Gasteiger partial charge >= 0.3 is 5.69 Å². The fourth-order valence-electron chi connectivity index (χ4n) is 3.03. The molecule has 7 heteroatoms. The summed E-state index contributed by atoms with van der Waals surface area (Å²) in [5, 5.41) is 11.4. The van der Waals surface area contributed by atoms with Crippen molar-refractivity contribution >= 4 is 17.1 Å². The summed E-state index contributed by atoms with van der Waals surface area (Å²) >= 11 is 0. The molecule has 0 spiro atoms. The van der Waals surface area contributed by atoms with Gasteiger partial charge in [0.1, 0.15) is 5.56 Å². The average Bonchev–Trinajstić information content (AvgIpc) is 3.06. The zero-order valence-corrected chi connectivity index (χ0v) is 15.1. The number of aliphatic imine (C=N–C) groups is 1. The van der Waals surface area contributed by atoms with Crippen molar-refractivity contribution < 1.29 is 5.11 Å². The van der Waals surface area contributed by atoms with Gasteiger partial charge in [0.15, 0.2) is 0 Å². The summed E-state index contributed by atoms with van der Waals surface area (Å²) in [6.45, 7) is 5.65. The number of H-pyrrole nitrogens is 2. The highest BCUT2D eigenvalue weighted by Crippen LogP contribution is 2.20. The first kappa shape index (κ1) is 18.4. The highest BCUT2D eigenvalue weighted by atomic mass is 16.3. The van der Waals surface area contributed by atoms with Crippen LogP contribution in [-0.4, -0.2) is 31.9 Å². The second-order valence-corrected chi connectivity index (χ2v) is 6.30. The highest BCUT2D eigenvalue weighted by molar-refractivity contribution is 5.83. The van der Waals surface area contributed by atoms with E-state index in [9.17, 15) is 14.7 Å². The van der Waals surface area contributed by atoms with Gasteiger partial charge in [-0.3, -0.25) is 19.3 Å². The van der Waals surface area contributed by atoms with Crippen molar-refractivity contribution in [3.63, 3.8) is 0 Å². The smallest absolute Gasteiger partial charge is 0.331 e. The quantitative estimate of drug-likeness (QED) is 0.442. The minimum Gasteiger partial charge on any atom is -0.494 e. The number of para-hydroxylation sites is 1. The second-order valence-electron chi connectivity index (χ2n) is 6.30. The van der Waals surface area contributed by atoms with Crippen LogP contribution in [0, 0.1) is 0 Å². The molecule has 0 saturated heterocycles. The Kier molecular flexibility index (Phi) is 5.40. The molecule has 0 bridgehead atoms. The van der Waals surface area contributed by atoms with Crippen LogP contribution >= 0.6 is 0 Å². The second kappa shape index (κ2) is 7.90. The van der Waals surface area contributed by atoms with E-state index in [-0.39, 0.29) is 18.2 Å². The lowest BCUT2D eigenvalue weighted by Gasteiger charge is -2.10. The number of rotatable bonds is 7. The predicted molar refractivity (Wildman–Crippen MR) is 107 cm³/mol. The van der Waals surface area contributed by atoms with Crippen LogP contribution in [0.15, 0.2) is 57.7 Å². The molecule has 0 radical (unpaired) electrons. The Balaban J connectivity index is 1.89. The summed E-state index contributed by atoms with van der Waals surface area (Å²) < 4.78 is 1.04. The fraction of sp³-hybridized carbons (Fsp3) is 0.250. The number of aromatic nitrogens is 3. The molecule has 2 heterocycles. The third-order valence-electron chi connectivity index (χ3n) is 4.53. The van der Waals surface area contributed by atoms with Gasteiger partial charge in [-0.15, -0.1) is 6.58 Å². The number of hydrogen-bond donors (Lipinski definition) is 3.